The number of unbranched alkanes of at least 4 members (excludes halogenated alkanes) is 1. The summed E-state index contributed by atoms with van der Waals surface area (Å²) in [5, 5.41) is 0. The van der Waals surface area contributed by atoms with E-state index in [1.807, 2.05) is 0 Å². The number of nitrogens with one attached hydrogen (secondary N) is 2. The number of benzene rings is 2. The van der Waals surface area contributed by atoms with Crippen molar-refractivity contribution in [3.05, 3.63) is 53.6 Å². The first-order valence-corrected chi connectivity index (χ1v) is 9.10. The second kappa shape index (κ2) is 10.8. The van der Waals surface area contributed by atoms with Gasteiger partial charge in [0.2, 0.25) is 5.91 Å². The first kappa shape index (κ1) is 21.1. The molecular formula is C21H26N2O5. The molecule has 0 aliphatic carbocycles. The Bertz CT molecular complexity index is 790. The molecule has 0 bridgehead atoms. The van der Waals surface area contributed by atoms with Crippen molar-refractivity contribution in [1.82, 2.24) is 10.9 Å². The second-order valence-corrected chi connectivity index (χ2v) is 6.09. The first-order valence-electron chi connectivity index (χ1n) is 9.10. The van der Waals surface area contributed by atoms with Gasteiger partial charge < -0.3 is 14.2 Å². The summed E-state index contributed by atoms with van der Waals surface area (Å²) in [6.45, 7) is 2.66. The summed E-state index contributed by atoms with van der Waals surface area (Å²) in [7, 11) is 3.09. The van der Waals surface area contributed by atoms with Gasteiger partial charge in [-0.25, -0.2) is 0 Å². The highest BCUT2D eigenvalue weighted by Crippen LogP contribution is 2.28. The Morgan fingerprint density at radius 2 is 1.68 bits per heavy atom. The van der Waals surface area contributed by atoms with Crippen molar-refractivity contribution >= 4 is 11.8 Å². The maximum absolute atomic E-state index is 12.3. The molecule has 2 rings (SSSR count). The van der Waals surface area contributed by atoms with Crippen molar-refractivity contribution < 1.29 is 23.8 Å². The largest absolute Gasteiger partial charge is 0.497 e. The molecule has 2 amide bonds. The van der Waals surface area contributed by atoms with Crippen molar-refractivity contribution in [3.8, 4) is 17.2 Å². The third-order valence-corrected chi connectivity index (χ3v) is 4.02. The van der Waals surface area contributed by atoms with Gasteiger partial charge in [-0.15, -0.1) is 0 Å². The van der Waals surface area contributed by atoms with E-state index in [1.54, 1.807) is 49.6 Å². The Hall–Kier alpha value is -3.22. The molecule has 0 saturated carbocycles. The van der Waals surface area contributed by atoms with Crippen LogP contribution < -0.4 is 25.1 Å². The molecule has 0 spiro atoms. The van der Waals surface area contributed by atoms with Crippen LogP contribution >= 0.6 is 0 Å². The summed E-state index contributed by atoms with van der Waals surface area (Å²) in [6, 6.07) is 12.0. The summed E-state index contributed by atoms with van der Waals surface area (Å²) in [4.78, 5) is 24.3. The Morgan fingerprint density at radius 1 is 0.929 bits per heavy atom. The van der Waals surface area contributed by atoms with Crippen molar-refractivity contribution in [2.45, 2.75) is 26.2 Å². The summed E-state index contributed by atoms with van der Waals surface area (Å²) in [5.41, 5.74) is 5.97. The van der Waals surface area contributed by atoms with Crippen LogP contribution in [-0.4, -0.2) is 32.6 Å². The van der Waals surface area contributed by atoms with Crippen LogP contribution in [0.3, 0.4) is 0 Å². The van der Waals surface area contributed by atoms with Crippen LogP contribution in [0.25, 0.3) is 0 Å². The first-order chi connectivity index (χ1) is 13.6. The molecule has 2 aromatic rings. The molecule has 28 heavy (non-hydrogen) atoms. The Balaban J connectivity index is 1.89. The maximum atomic E-state index is 12.3. The fraction of sp³-hybridized carbons (Fsp3) is 0.333. The third kappa shape index (κ3) is 6.19. The van der Waals surface area contributed by atoms with E-state index in [4.69, 9.17) is 14.2 Å². The summed E-state index contributed by atoms with van der Waals surface area (Å²) in [6.07, 6.45) is 2.10. The topological polar surface area (TPSA) is 85.9 Å². The van der Waals surface area contributed by atoms with Gasteiger partial charge >= 0.3 is 0 Å². The third-order valence-electron chi connectivity index (χ3n) is 4.02. The van der Waals surface area contributed by atoms with E-state index in [2.05, 4.69) is 17.8 Å². The normalized spacial score (nSPS) is 10.1. The van der Waals surface area contributed by atoms with E-state index < -0.39 is 5.91 Å². The van der Waals surface area contributed by atoms with Gasteiger partial charge in [0.15, 0.2) is 11.5 Å². The van der Waals surface area contributed by atoms with Crippen LogP contribution in [0, 0.1) is 0 Å². The van der Waals surface area contributed by atoms with Crippen LogP contribution in [-0.2, 0) is 11.2 Å². The van der Waals surface area contributed by atoms with Crippen LogP contribution in [0.4, 0.5) is 0 Å². The quantitative estimate of drug-likeness (QED) is 0.511. The van der Waals surface area contributed by atoms with Gasteiger partial charge in [0.05, 0.1) is 27.2 Å². The molecule has 0 heterocycles. The molecule has 0 aliphatic rings. The lowest BCUT2D eigenvalue weighted by atomic mass is 10.1. The fourth-order valence-electron chi connectivity index (χ4n) is 2.43. The van der Waals surface area contributed by atoms with Gasteiger partial charge in [-0.1, -0.05) is 25.5 Å². The van der Waals surface area contributed by atoms with Gasteiger partial charge in [0.25, 0.3) is 5.91 Å². The molecule has 0 aliphatic heterocycles. The predicted molar refractivity (Wildman–Crippen MR) is 106 cm³/mol. The van der Waals surface area contributed by atoms with Gasteiger partial charge in [-0.3, -0.25) is 20.4 Å². The minimum atomic E-state index is -0.443. The van der Waals surface area contributed by atoms with Gasteiger partial charge in [-0.05, 0) is 42.3 Å². The number of amides is 2. The number of hydrogen-bond acceptors (Lipinski definition) is 5. The van der Waals surface area contributed by atoms with Crippen LogP contribution in [0.15, 0.2) is 42.5 Å². The van der Waals surface area contributed by atoms with Gasteiger partial charge in [0.1, 0.15) is 5.75 Å². The van der Waals surface area contributed by atoms with Crippen LogP contribution in [0.1, 0.15) is 35.7 Å². The minimum absolute atomic E-state index is 0.137. The smallest absolute Gasteiger partial charge is 0.269 e. The van der Waals surface area contributed by atoms with E-state index in [0.717, 1.165) is 18.4 Å². The minimum Gasteiger partial charge on any atom is -0.497 e. The van der Waals surface area contributed by atoms with E-state index in [1.165, 1.54) is 7.11 Å². The molecule has 0 saturated heterocycles. The van der Waals surface area contributed by atoms with Crippen molar-refractivity contribution in [2.75, 3.05) is 20.8 Å². The molecular weight excluding hydrogens is 360 g/mol. The van der Waals surface area contributed by atoms with E-state index in [0.29, 0.717) is 29.4 Å². The highest BCUT2D eigenvalue weighted by atomic mass is 16.5. The maximum Gasteiger partial charge on any atom is 0.269 e. The van der Waals surface area contributed by atoms with E-state index in [9.17, 15) is 9.59 Å². The average Bonchev–Trinajstić information content (AvgIpc) is 2.73. The number of ether oxygens (including phenoxy) is 3. The van der Waals surface area contributed by atoms with Crippen LogP contribution in [0.2, 0.25) is 0 Å². The molecule has 0 fully saturated rings. The summed E-state index contributed by atoms with van der Waals surface area (Å²) in [5.74, 6) is 0.990. The lowest BCUT2D eigenvalue weighted by Gasteiger charge is -2.12. The molecule has 0 radical (unpaired) electrons. The van der Waals surface area contributed by atoms with Gasteiger partial charge in [0, 0.05) is 5.56 Å². The average molecular weight is 386 g/mol. The van der Waals surface area contributed by atoms with E-state index >= 15 is 0 Å². The monoisotopic (exact) mass is 386 g/mol. The number of carbonyl (C=O) groups is 2. The number of rotatable bonds is 9. The Labute approximate surface area is 165 Å². The zero-order chi connectivity index (χ0) is 20.4. The fourth-order valence-corrected chi connectivity index (χ4v) is 2.43. The number of hydrazine groups is 1. The zero-order valence-electron chi connectivity index (χ0n) is 16.4. The highest BCUT2D eigenvalue weighted by molar-refractivity contribution is 5.96. The van der Waals surface area contributed by atoms with Crippen molar-refractivity contribution in [3.63, 3.8) is 0 Å². The molecule has 2 N–H and O–H groups in total. The van der Waals surface area contributed by atoms with Crippen molar-refractivity contribution in [1.29, 1.82) is 0 Å². The molecule has 7 heteroatoms. The molecule has 0 unspecified atom stereocenters. The molecule has 0 atom stereocenters. The lowest BCUT2D eigenvalue weighted by Crippen LogP contribution is -2.42. The van der Waals surface area contributed by atoms with E-state index in [-0.39, 0.29) is 12.3 Å². The van der Waals surface area contributed by atoms with Crippen molar-refractivity contribution in [2.24, 2.45) is 0 Å². The zero-order valence-corrected chi connectivity index (χ0v) is 16.4. The Morgan fingerprint density at radius 3 is 2.32 bits per heavy atom. The van der Waals surface area contributed by atoms with Crippen LogP contribution in [0.5, 0.6) is 17.2 Å². The SMILES string of the molecule is CCCCOc1ccc(C(=O)NNC(=O)Cc2ccc(OC)cc2)cc1OC. The predicted octanol–water partition coefficient (Wildman–Crippen LogP) is 2.89. The molecule has 150 valence electrons. The lowest BCUT2D eigenvalue weighted by molar-refractivity contribution is -0.121. The second-order valence-electron chi connectivity index (χ2n) is 6.09. The van der Waals surface area contributed by atoms with Gasteiger partial charge in [-0.2, -0.15) is 0 Å². The molecule has 2 aromatic carbocycles. The summed E-state index contributed by atoms with van der Waals surface area (Å²) < 4.78 is 16.0. The molecule has 7 nitrogen and oxygen atoms in total. The number of hydrogen-bond donors (Lipinski definition) is 2. The summed E-state index contributed by atoms with van der Waals surface area (Å²) >= 11 is 0. The Kier molecular flexibility index (Phi) is 8.14. The standard InChI is InChI=1S/C21H26N2O5/c1-4-5-12-28-18-11-8-16(14-19(18)27-3)21(25)23-22-20(24)13-15-6-9-17(26-2)10-7-15/h6-11,14H,4-5,12-13H2,1-3H3,(H,22,24)(H,23,25). The highest BCUT2D eigenvalue weighted by Gasteiger charge is 2.12. The number of carbonyl (C=O) groups excluding carboxylic acids is 2. The molecule has 0 aromatic heterocycles. The number of methoxy groups -OCH3 is 2.